The number of nitrogens with zero attached hydrogens (tertiary/aromatic N) is 4. The summed E-state index contributed by atoms with van der Waals surface area (Å²) >= 11 is 0. The number of carbonyl (C=O) groups is 1. The highest BCUT2D eigenvalue weighted by Gasteiger charge is 2.22. The van der Waals surface area contributed by atoms with E-state index in [1.54, 1.807) is 49.7 Å². The van der Waals surface area contributed by atoms with Crippen LogP contribution in [0.5, 0.6) is 5.75 Å². The lowest BCUT2D eigenvalue weighted by molar-refractivity contribution is -0.111. The van der Waals surface area contributed by atoms with E-state index in [4.69, 9.17) is 13.8 Å². The number of fused-ring (bicyclic) bond motifs is 1. The van der Waals surface area contributed by atoms with Crippen LogP contribution in [0.3, 0.4) is 0 Å². The lowest BCUT2D eigenvalue weighted by Gasteiger charge is -2.12. The van der Waals surface area contributed by atoms with E-state index in [1.807, 2.05) is 25.1 Å². The number of phosphoric ester groups is 1. The van der Waals surface area contributed by atoms with Gasteiger partial charge in [-0.05, 0) is 56.4 Å². The van der Waals surface area contributed by atoms with Crippen molar-refractivity contribution in [1.29, 1.82) is 0 Å². The van der Waals surface area contributed by atoms with Crippen LogP contribution in [0.25, 0.3) is 33.3 Å². The summed E-state index contributed by atoms with van der Waals surface area (Å²) in [5.41, 5.74) is 3.48. The summed E-state index contributed by atoms with van der Waals surface area (Å²) in [6.45, 7) is 1.87. The molecular weight excluding hydrogens is 552 g/mol. The maximum absolute atomic E-state index is 14.0. The Bertz CT molecular complexity index is 1620. The first-order chi connectivity index (χ1) is 19.6. The van der Waals surface area contributed by atoms with Crippen LogP contribution in [-0.2, 0) is 25.1 Å². The fourth-order valence-corrected chi connectivity index (χ4v) is 4.74. The van der Waals surface area contributed by atoms with E-state index in [0.29, 0.717) is 51.3 Å². The molecule has 0 bridgehead atoms. The van der Waals surface area contributed by atoms with Gasteiger partial charge < -0.3 is 24.4 Å². The molecule has 0 saturated carbocycles. The number of hydrogen-bond donors (Lipinski definition) is 2. The van der Waals surface area contributed by atoms with Gasteiger partial charge in [-0.1, -0.05) is 6.08 Å². The van der Waals surface area contributed by atoms with Gasteiger partial charge in [-0.15, -0.1) is 0 Å². The van der Waals surface area contributed by atoms with Crippen molar-refractivity contribution in [3.63, 3.8) is 0 Å². The predicted molar refractivity (Wildman–Crippen MR) is 154 cm³/mol. The minimum Gasteiger partial charge on any atom is -0.497 e. The second kappa shape index (κ2) is 13.2. The number of rotatable bonds is 12. The smallest absolute Gasteiger partial charge is 0.473 e. The molecule has 1 unspecified atom stereocenters. The summed E-state index contributed by atoms with van der Waals surface area (Å²) in [5.74, 6) is -0.424. The van der Waals surface area contributed by atoms with Crippen LogP contribution in [0, 0.1) is 5.95 Å². The summed E-state index contributed by atoms with van der Waals surface area (Å²) < 4.78 is 43.1. The highest BCUT2D eigenvalue weighted by molar-refractivity contribution is 7.47. The lowest BCUT2D eigenvalue weighted by atomic mass is 10.0. The minimum absolute atomic E-state index is 0.00128. The van der Waals surface area contributed by atoms with E-state index >= 15 is 0 Å². The molecule has 0 spiro atoms. The number of nitrogens with one attached hydrogen (secondary N) is 1. The number of halogens is 1. The van der Waals surface area contributed by atoms with Crippen LogP contribution in [0.2, 0.25) is 0 Å². The van der Waals surface area contributed by atoms with Crippen molar-refractivity contribution in [3.05, 3.63) is 73.1 Å². The normalized spacial score (nSPS) is 13.1. The Morgan fingerprint density at radius 1 is 1.15 bits per heavy atom. The number of hydrogen-bond acceptors (Lipinski definition) is 8. The van der Waals surface area contributed by atoms with Crippen molar-refractivity contribution in [2.75, 3.05) is 39.7 Å². The Kier molecular flexibility index (Phi) is 9.64. The first-order valence-electron chi connectivity index (χ1n) is 12.6. The molecule has 0 aliphatic heterocycles. The largest absolute Gasteiger partial charge is 0.497 e. The van der Waals surface area contributed by atoms with Gasteiger partial charge in [-0.3, -0.25) is 13.8 Å². The molecule has 13 heteroatoms. The van der Waals surface area contributed by atoms with E-state index < -0.39 is 13.8 Å². The van der Waals surface area contributed by atoms with E-state index in [-0.39, 0.29) is 19.2 Å². The van der Waals surface area contributed by atoms with Crippen LogP contribution in [0.15, 0.2) is 67.1 Å². The molecule has 0 saturated heterocycles. The number of aromatic nitrogens is 3. The number of amides is 1. The third-order valence-corrected chi connectivity index (χ3v) is 6.91. The second-order valence-corrected chi connectivity index (χ2v) is 10.7. The average Bonchev–Trinajstić information content (AvgIpc) is 3.29. The number of phosphoric acid groups is 1. The molecule has 216 valence electrons. The molecule has 4 rings (SSSR count). The summed E-state index contributed by atoms with van der Waals surface area (Å²) in [6.07, 6.45) is 7.85. The molecule has 11 nitrogen and oxygen atoms in total. The third kappa shape index (κ3) is 7.84. The molecule has 41 heavy (non-hydrogen) atoms. The van der Waals surface area contributed by atoms with Crippen molar-refractivity contribution in [3.8, 4) is 28.0 Å². The average molecular weight is 584 g/mol. The maximum Gasteiger partial charge on any atom is 0.473 e. The van der Waals surface area contributed by atoms with E-state index in [1.165, 1.54) is 30.0 Å². The van der Waals surface area contributed by atoms with E-state index in [0.717, 1.165) is 0 Å². The van der Waals surface area contributed by atoms with Crippen LogP contribution < -0.4 is 10.1 Å². The van der Waals surface area contributed by atoms with Gasteiger partial charge in [0.2, 0.25) is 11.9 Å². The first-order valence-corrected chi connectivity index (χ1v) is 14.1. The van der Waals surface area contributed by atoms with Gasteiger partial charge in [0.25, 0.3) is 0 Å². The van der Waals surface area contributed by atoms with Gasteiger partial charge in [0.1, 0.15) is 18.1 Å². The Hall–Kier alpha value is -3.93. The SMILES string of the molecule is CCOP(=O)(O)OCn1cc(-c2ccnc(F)c2)c2cc(-c3cc(NC(=O)C=CCN(C)C)cc(OC)c3)cnc21. The van der Waals surface area contributed by atoms with Crippen molar-refractivity contribution in [2.45, 2.75) is 13.7 Å². The molecule has 1 aromatic carbocycles. The standard InChI is InChI=1S/C28H31FN5O6P/c1-5-39-41(36,37)40-18-34-17-25(19-8-9-30-26(29)14-19)24-13-21(16-31-28(24)34)20-11-22(15-23(12-20)38-4)32-27(35)7-6-10-33(2)3/h6-9,11-17H,5,10,18H2,1-4H3,(H,32,35)(H,36,37). The fraction of sp³-hybridized carbons (Fsp3) is 0.250. The van der Waals surface area contributed by atoms with Gasteiger partial charge in [-0.2, -0.15) is 4.39 Å². The Morgan fingerprint density at radius 3 is 2.66 bits per heavy atom. The topological polar surface area (TPSA) is 128 Å². The summed E-state index contributed by atoms with van der Waals surface area (Å²) in [4.78, 5) is 32.5. The van der Waals surface area contributed by atoms with Crippen molar-refractivity contribution in [1.82, 2.24) is 19.4 Å². The molecule has 1 atom stereocenters. The summed E-state index contributed by atoms with van der Waals surface area (Å²) in [5, 5.41) is 3.48. The molecule has 0 radical (unpaired) electrons. The zero-order valence-electron chi connectivity index (χ0n) is 23.1. The minimum atomic E-state index is -4.28. The number of pyridine rings is 2. The zero-order chi connectivity index (χ0) is 29.6. The van der Waals surface area contributed by atoms with Crippen LogP contribution >= 0.6 is 7.82 Å². The van der Waals surface area contributed by atoms with Gasteiger partial charge in [0, 0.05) is 65.5 Å². The number of methoxy groups -OCH3 is 1. The van der Waals surface area contributed by atoms with E-state index in [9.17, 15) is 18.6 Å². The molecule has 1 amide bonds. The number of anilines is 1. The third-order valence-electron chi connectivity index (χ3n) is 5.89. The number of ether oxygens (including phenoxy) is 1. The van der Waals surface area contributed by atoms with Gasteiger partial charge in [0.15, 0.2) is 0 Å². The Labute approximate surface area is 236 Å². The number of benzene rings is 1. The van der Waals surface area contributed by atoms with E-state index in [2.05, 4.69) is 15.3 Å². The Morgan fingerprint density at radius 2 is 1.95 bits per heavy atom. The van der Waals surface area contributed by atoms with Crippen molar-refractivity contribution < 1.29 is 32.4 Å². The van der Waals surface area contributed by atoms with Gasteiger partial charge in [0.05, 0.1) is 13.7 Å². The van der Waals surface area contributed by atoms with Gasteiger partial charge >= 0.3 is 7.82 Å². The van der Waals surface area contributed by atoms with Crippen molar-refractivity contribution >= 4 is 30.5 Å². The lowest BCUT2D eigenvalue weighted by Crippen LogP contribution is -2.13. The molecular formula is C28H31FN5O6P. The van der Waals surface area contributed by atoms with Crippen LogP contribution in [0.4, 0.5) is 10.1 Å². The zero-order valence-corrected chi connectivity index (χ0v) is 24.0. The van der Waals surface area contributed by atoms with Crippen LogP contribution in [-0.4, -0.2) is 64.6 Å². The predicted octanol–water partition coefficient (Wildman–Crippen LogP) is 5.08. The molecule has 3 aromatic heterocycles. The summed E-state index contributed by atoms with van der Waals surface area (Å²) in [6, 6.07) is 10.1. The maximum atomic E-state index is 14.0. The molecule has 0 aliphatic carbocycles. The highest BCUT2D eigenvalue weighted by atomic mass is 31.2. The molecule has 4 aromatic rings. The summed E-state index contributed by atoms with van der Waals surface area (Å²) in [7, 11) is 1.07. The highest BCUT2D eigenvalue weighted by Crippen LogP contribution is 2.44. The molecule has 0 fully saturated rings. The van der Waals surface area contributed by atoms with Crippen molar-refractivity contribution in [2.24, 2.45) is 0 Å². The van der Waals surface area contributed by atoms with Gasteiger partial charge in [-0.25, -0.2) is 14.5 Å². The fourth-order valence-electron chi connectivity index (χ4n) is 4.07. The second-order valence-electron chi connectivity index (χ2n) is 9.22. The Balaban J connectivity index is 1.75. The number of likely N-dealkylation sites (N-methyl/N-ethyl adjacent to an activating group) is 1. The molecule has 3 heterocycles. The monoisotopic (exact) mass is 583 g/mol. The quantitative estimate of drug-likeness (QED) is 0.133. The molecule has 2 N–H and O–H groups in total. The number of carbonyl (C=O) groups excluding carboxylic acids is 1. The molecule has 0 aliphatic rings. The van der Waals surface area contributed by atoms with Crippen LogP contribution in [0.1, 0.15) is 6.92 Å². The first kappa shape index (κ1) is 30.0.